The molecular formula is C17H22FN3O. The minimum absolute atomic E-state index is 0.107. The molecular weight excluding hydrogens is 281 g/mol. The Morgan fingerprint density at radius 1 is 1.27 bits per heavy atom. The number of hydrogen-bond acceptors (Lipinski definition) is 2. The molecule has 0 saturated carbocycles. The van der Waals surface area contributed by atoms with Gasteiger partial charge < -0.3 is 5.32 Å². The standard InChI is InChI=1S/C17H22FN3O/c1-11(2)9-10-19-17(22)16-12(3)20-21(13(16)4)15-7-5-14(18)6-8-15/h5-8,11H,9-10H2,1-4H3,(H,19,22). The van der Waals surface area contributed by atoms with E-state index in [1.54, 1.807) is 16.8 Å². The number of hydrogen-bond donors (Lipinski definition) is 1. The fraction of sp³-hybridized carbons (Fsp3) is 0.412. The van der Waals surface area contributed by atoms with E-state index in [2.05, 4.69) is 24.3 Å². The summed E-state index contributed by atoms with van der Waals surface area (Å²) in [4.78, 5) is 12.3. The first-order valence-corrected chi connectivity index (χ1v) is 7.50. The number of nitrogens with one attached hydrogen (secondary N) is 1. The Bertz CT molecular complexity index is 659. The van der Waals surface area contributed by atoms with Crippen LogP contribution in [0, 0.1) is 25.6 Å². The molecule has 1 aromatic heterocycles. The van der Waals surface area contributed by atoms with E-state index in [4.69, 9.17) is 0 Å². The third kappa shape index (κ3) is 3.53. The van der Waals surface area contributed by atoms with Crippen molar-refractivity contribution in [2.24, 2.45) is 5.92 Å². The van der Waals surface area contributed by atoms with Gasteiger partial charge in [-0.1, -0.05) is 13.8 Å². The normalized spacial score (nSPS) is 11.0. The lowest BCUT2D eigenvalue weighted by Gasteiger charge is -2.08. The SMILES string of the molecule is Cc1nn(-c2ccc(F)cc2)c(C)c1C(=O)NCCC(C)C. The smallest absolute Gasteiger partial charge is 0.255 e. The van der Waals surface area contributed by atoms with E-state index in [0.717, 1.165) is 17.8 Å². The Labute approximate surface area is 130 Å². The minimum Gasteiger partial charge on any atom is -0.352 e. The van der Waals surface area contributed by atoms with Crippen LogP contribution in [0.4, 0.5) is 4.39 Å². The van der Waals surface area contributed by atoms with Crippen LogP contribution in [-0.4, -0.2) is 22.2 Å². The number of amides is 1. The maximum absolute atomic E-state index is 13.0. The Morgan fingerprint density at radius 2 is 1.91 bits per heavy atom. The van der Waals surface area contributed by atoms with Crippen molar-refractivity contribution in [3.63, 3.8) is 0 Å². The van der Waals surface area contributed by atoms with Crippen LogP contribution >= 0.6 is 0 Å². The maximum atomic E-state index is 13.0. The molecule has 0 bridgehead atoms. The second-order valence-electron chi connectivity index (χ2n) is 5.87. The van der Waals surface area contributed by atoms with Crippen molar-refractivity contribution in [1.82, 2.24) is 15.1 Å². The summed E-state index contributed by atoms with van der Waals surface area (Å²) in [6, 6.07) is 6.06. The van der Waals surface area contributed by atoms with Gasteiger partial charge >= 0.3 is 0 Å². The van der Waals surface area contributed by atoms with Crippen LogP contribution in [0.2, 0.25) is 0 Å². The molecule has 2 rings (SSSR count). The van der Waals surface area contributed by atoms with Gasteiger partial charge in [-0.3, -0.25) is 4.79 Å². The highest BCUT2D eigenvalue weighted by molar-refractivity contribution is 5.96. The summed E-state index contributed by atoms with van der Waals surface area (Å²) >= 11 is 0. The van der Waals surface area contributed by atoms with Gasteiger partial charge in [-0.05, 0) is 50.5 Å². The highest BCUT2D eigenvalue weighted by Crippen LogP contribution is 2.18. The summed E-state index contributed by atoms with van der Waals surface area (Å²) in [6.45, 7) is 8.55. The number of halogens is 1. The summed E-state index contributed by atoms with van der Waals surface area (Å²) in [5.41, 5.74) is 2.76. The van der Waals surface area contributed by atoms with Gasteiger partial charge in [0.15, 0.2) is 0 Å². The number of rotatable bonds is 5. The molecule has 5 heteroatoms. The molecule has 0 spiro atoms. The molecule has 0 saturated heterocycles. The minimum atomic E-state index is -0.295. The molecule has 1 heterocycles. The predicted octanol–water partition coefficient (Wildman–Crippen LogP) is 3.40. The van der Waals surface area contributed by atoms with Crippen molar-refractivity contribution >= 4 is 5.91 Å². The largest absolute Gasteiger partial charge is 0.352 e. The van der Waals surface area contributed by atoms with Crippen LogP contribution in [0.5, 0.6) is 0 Å². The molecule has 2 aromatic rings. The van der Waals surface area contributed by atoms with Crippen molar-refractivity contribution in [3.8, 4) is 5.69 Å². The number of carbonyl (C=O) groups is 1. The molecule has 1 amide bonds. The number of aryl methyl sites for hydroxylation is 1. The lowest BCUT2D eigenvalue weighted by atomic mass is 10.1. The van der Waals surface area contributed by atoms with Gasteiger partial charge in [-0.25, -0.2) is 9.07 Å². The average molecular weight is 303 g/mol. The van der Waals surface area contributed by atoms with Gasteiger partial charge in [0.05, 0.1) is 22.6 Å². The van der Waals surface area contributed by atoms with E-state index in [1.807, 2.05) is 13.8 Å². The van der Waals surface area contributed by atoms with E-state index in [9.17, 15) is 9.18 Å². The van der Waals surface area contributed by atoms with Crippen molar-refractivity contribution in [3.05, 3.63) is 47.0 Å². The van der Waals surface area contributed by atoms with Gasteiger partial charge in [0, 0.05) is 6.54 Å². The summed E-state index contributed by atoms with van der Waals surface area (Å²) in [7, 11) is 0. The third-order valence-electron chi connectivity index (χ3n) is 3.60. The number of nitrogens with zero attached hydrogens (tertiary/aromatic N) is 2. The Hall–Kier alpha value is -2.17. The van der Waals surface area contributed by atoms with Crippen molar-refractivity contribution in [1.29, 1.82) is 0 Å². The van der Waals surface area contributed by atoms with Gasteiger partial charge in [0.1, 0.15) is 5.82 Å². The van der Waals surface area contributed by atoms with E-state index in [-0.39, 0.29) is 11.7 Å². The molecule has 0 unspecified atom stereocenters. The van der Waals surface area contributed by atoms with Crippen molar-refractivity contribution in [2.75, 3.05) is 6.54 Å². The van der Waals surface area contributed by atoms with Gasteiger partial charge in [0.25, 0.3) is 5.91 Å². The zero-order valence-electron chi connectivity index (χ0n) is 13.5. The van der Waals surface area contributed by atoms with Crippen LogP contribution < -0.4 is 5.32 Å². The fourth-order valence-corrected chi connectivity index (χ4v) is 2.37. The predicted molar refractivity (Wildman–Crippen MR) is 84.8 cm³/mol. The second kappa shape index (κ2) is 6.73. The number of aromatic nitrogens is 2. The van der Waals surface area contributed by atoms with Crippen LogP contribution in [0.25, 0.3) is 5.69 Å². The van der Waals surface area contributed by atoms with Gasteiger partial charge in [-0.15, -0.1) is 0 Å². The van der Waals surface area contributed by atoms with Crippen molar-refractivity contribution in [2.45, 2.75) is 34.1 Å². The molecule has 4 nitrogen and oxygen atoms in total. The van der Waals surface area contributed by atoms with E-state index < -0.39 is 0 Å². The molecule has 1 aromatic carbocycles. The molecule has 0 radical (unpaired) electrons. The Morgan fingerprint density at radius 3 is 2.50 bits per heavy atom. The first-order valence-electron chi connectivity index (χ1n) is 7.50. The molecule has 1 N–H and O–H groups in total. The number of benzene rings is 1. The molecule has 0 fully saturated rings. The van der Waals surface area contributed by atoms with E-state index in [1.165, 1.54) is 12.1 Å². The summed E-state index contributed by atoms with van der Waals surface area (Å²) < 4.78 is 14.7. The lowest BCUT2D eigenvalue weighted by Crippen LogP contribution is -2.26. The summed E-state index contributed by atoms with van der Waals surface area (Å²) in [5, 5.41) is 7.34. The molecule has 0 aliphatic heterocycles. The van der Waals surface area contributed by atoms with Crippen LogP contribution in [0.1, 0.15) is 42.0 Å². The highest BCUT2D eigenvalue weighted by Gasteiger charge is 2.19. The zero-order valence-corrected chi connectivity index (χ0v) is 13.5. The van der Waals surface area contributed by atoms with E-state index >= 15 is 0 Å². The Kier molecular flexibility index (Phi) is 4.96. The first-order chi connectivity index (χ1) is 10.4. The molecule has 22 heavy (non-hydrogen) atoms. The second-order valence-corrected chi connectivity index (χ2v) is 5.87. The fourth-order valence-electron chi connectivity index (χ4n) is 2.37. The first kappa shape index (κ1) is 16.2. The lowest BCUT2D eigenvalue weighted by molar-refractivity contribution is 0.0951. The molecule has 0 atom stereocenters. The Balaban J connectivity index is 2.23. The van der Waals surface area contributed by atoms with Crippen LogP contribution in [0.15, 0.2) is 24.3 Å². The quantitative estimate of drug-likeness (QED) is 0.920. The van der Waals surface area contributed by atoms with Crippen LogP contribution in [0.3, 0.4) is 0 Å². The molecule has 0 aliphatic rings. The zero-order chi connectivity index (χ0) is 16.3. The third-order valence-corrected chi connectivity index (χ3v) is 3.60. The van der Waals surface area contributed by atoms with Gasteiger partial charge in [-0.2, -0.15) is 5.10 Å². The highest BCUT2D eigenvalue weighted by atomic mass is 19.1. The maximum Gasteiger partial charge on any atom is 0.255 e. The average Bonchev–Trinajstić information content (AvgIpc) is 2.74. The monoisotopic (exact) mass is 303 g/mol. The van der Waals surface area contributed by atoms with Gasteiger partial charge in [0.2, 0.25) is 0 Å². The van der Waals surface area contributed by atoms with E-state index in [0.29, 0.717) is 23.7 Å². The van der Waals surface area contributed by atoms with Crippen LogP contribution in [-0.2, 0) is 0 Å². The summed E-state index contributed by atoms with van der Waals surface area (Å²) in [5.74, 6) is 0.144. The van der Waals surface area contributed by atoms with Crippen molar-refractivity contribution < 1.29 is 9.18 Å². The molecule has 0 aliphatic carbocycles. The molecule has 118 valence electrons. The number of carbonyl (C=O) groups excluding carboxylic acids is 1. The topological polar surface area (TPSA) is 46.9 Å². The summed E-state index contributed by atoms with van der Waals surface area (Å²) in [6.07, 6.45) is 0.940.